The van der Waals surface area contributed by atoms with Gasteiger partial charge in [-0.1, -0.05) is 19.3 Å². The minimum absolute atomic E-state index is 0.305. The topological polar surface area (TPSA) is 35.5 Å². The average Bonchev–Trinajstić information content (AvgIpc) is 2.67. The Bertz CT molecular complexity index is 169. The molecule has 3 heteroatoms. The maximum Gasteiger partial charge on any atom is 0.0599 e. The second-order valence-electron chi connectivity index (χ2n) is 4.72. The zero-order chi connectivity index (χ0) is 9.80. The van der Waals surface area contributed by atoms with Crippen LogP contribution in [0.15, 0.2) is 0 Å². The van der Waals surface area contributed by atoms with E-state index < -0.39 is 0 Å². The van der Waals surface area contributed by atoms with Gasteiger partial charge in [0.15, 0.2) is 0 Å². The molecule has 0 aromatic heterocycles. The molecule has 0 bridgehead atoms. The highest BCUT2D eigenvalue weighted by atomic mass is 16.3. The van der Waals surface area contributed by atoms with Crippen molar-refractivity contribution in [2.75, 3.05) is 26.4 Å². The van der Waals surface area contributed by atoms with Crippen LogP contribution in [0.4, 0.5) is 0 Å². The second-order valence-corrected chi connectivity index (χ2v) is 4.72. The summed E-state index contributed by atoms with van der Waals surface area (Å²) in [6.07, 6.45) is 7.05. The summed E-state index contributed by atoms with van der Waals surface area (Å²) >= 11 is 0. The van der Waals surface area contributed by atoms with Gasteiger partial charge in [0.2, 0.25) is 0 Å². The van der Waals surface area contributed by atoms with E-state index in [2.05, 4.69) is 10.2 Å². The van der Waals surface area contributed by atoms with Gasteiger partial charge in [-0.15, -0.1) is 0 Å². The minimum Gasteiger partial charge on any atom is -0.395 e. The molecule has 0 spiro atoms. The van der Waals surface area contributed by atoms with E-state index in [1.807, 2.05) is 0 Å². The molecule has 0 radical (unpaired) electrons. The summed E-state index contributed by atoms with van der Waals surface area (Å²) in [5.74, 6) is 0.887. The van der Waals surface area contributed by atoms with Gasteiger partial charge >= 0.3 is 0 Å². The van der Waals surface area contributed by atoms with Gasteiger partial charge in [-0.3, -0.25) is 4.90 Å². The van der Waals surface area contributed by atoms with Crippen LogP contribution in [0.5, 0.6) is 0 Å². The van der Waals surface area contributed by atoms with Crippen LogP contribution < -0.4 is 5.32 Å². The Labute approximate surface area is 86.5 Å². The first-order valence-corrected chi connectivity index (χ1v) is 5.96. The Balaban J connectivity index is 1.77. The number of aliphatic hydroxyl groups excluding tert-OH is 1. The highest BCUT2D eigenvalue weighted by Crippen LogP contribution is 2.25. The zero-order valence-electron chi connectivity index (χ0n) is 8.91. The maximum absolute atomic E-state index is 9.18. The number of hydrogen-bond donors (Lipinski definition) is 2. The molecule has 1 aliphatic carbocycles. The van der Waals surface area contributed by atoms with Crippen LogP contribution in [0.25, 0.3) is 0 Å². The van der Waals surface area contributed by atoms with Gasteiger partial charge in [0.25, 0.3) is 0 Å². The molecule has 82 valence electrons. The summed E-state index contributed by atoms with van der Waals surface area (Å²) in [5, 5.41) is 12.5. The zero-order valence-corrected chi connectivity index (χ0v) is 8.91. The monoisotopic (exact) mass is 198 g/mol. The minimum atomic E-state index is 0.305. The highest BCUT2D eigenvalue weighted by molar-refractivity contribution is 4.81. The molecule has 1 atom stereocenters. The van der Waals surface area contributed by atoms with E-state index in [1.54, 1.807) is 0 Å². The van der Waals surface area contributed by atoms with Crippen LogP contribution >= 0.6 is 0 Å². The van der Waals surface area contributed by atoms with Gasteiger partial charge < -0.3 is 10.4 Å². The van der Waals surface area contributed by atoms with E-state index in [1.165, 1.54) is 38.6 Å². The molecule has 0 amide bonds. The van der Waals surface area contributed by atoms with Crippen molar-refractivity contribution in [1.82, 2.24) is 10.2 Å². The van der Waals surface area contributed by atoms with Gasteiger partial charge in [0.1, 0.15) is 0 Å². The van der Waals surface area contributed by atoms with Crippen LogP contribution in [0.2, 0.25) is 0 Å². The molecule has 1 saturated heterocycles. The largest absolute Gasteiger partial charge is 0.395 e. The van der Waals surface area contributed by atoms with E-state index in [4.69, 9.17) is 0 Å². The number of nitrogens with zero attached hydrogens (tertiary/aromatic N) is 1. The normalized spacial score (nSPS) is 31.1. The Hall–Kier alpha value is -0.120. The third kappa shape index (κ3) is 2.47. The predicted molar refractivity (Wildman–Crippen MR) is 57.0 cm³/mol. The highest BCUT2D eigenvalue weighted by Gasteiger charge is 2.26. The van der Waals surface area contributed by atoms with E-state index in [-0.39, 0.29) is 0 Å². The van der Waals surface area contributed by atoms with E-state index in [0.29, 0.717) is 12.6 Å². The summed E-state index contributed by atoms with van der Waals surface area (Å²) < 4.78 is 0. The molecule has 1 aliphatic heterocycles. The molecule has 2 aliphatic rings. The summed E-state index contributed by atoms with van der Waals surface area (Å²) in [4.78, 5) is 2.41. The molecule has 1 heterocycles. The number of aliphatic hydroxyl groups is 1. The molecular weight excluding hydrogens is 176 g/mol. The van der Waals surface area contributed by atoms with E-state index >= 15 is 0 Å². The van der Waals surface area contributed by atoms with Gasteiger partial charge in [0.05, 0.1) is 6.61 Å². The van der Waals surface area contributed by atoms with Crippen LogP contribution in [0.3, 0.4) is 0 Å². The van der Waals surface area contributed by atoms with E-state index in [9.17, 15) is 5.11 Å². The maximum atomic E-state index is 9.18. The Morgan fingerprint density at radius 1 is 1.21 bits per heavy atom. The van der Waals surface area contributed by atoms with E-state index in [0.717, 1.165) is 19.1 Å². The smallest absolute Gasteiger partial charge is 0.0599 e. The lowest BCUT2D eigenvalue weighted by Crippen LogP contribution is -2.37. The van der Waals surface area contributed by atoms with Crippen molar-refractivity contribution in [3.63, 3.8) is 0 Å². The first-order valence-electron chi connectivity index (χ1n) is 5.96. The summed E-state index contributed by atoms with van der Waals surface area (Å²) in [7, 11) is 0. The molecule has 0 aromatic rings. The molecule has 0 aromatic carbocycles. The van der Waals surface area contributed by atoms with Crippen molar-refractivity contribution in [1.29, 1.82) is 0 Å². The first kappa shape index (κ1) is 10.4. The average molecular weight is 198 g/mol. The second kappa shape index (κ2) is 5.10. The number of nitrogens with one attached hydrogen (secondary N) is 1. The fraction of sp³-hybridized carbons (Fsp3) is 1.00. The SMILES string of the molecule is OCC1CNCN1CC1CCCCC1. The van der Waals surface area contributed by atoms with Crippen LogP contribution in [0, 0.1) is 5.92 Å². The van der Waals surface area contributed by atoms with Crippen molar-refractivity contribution < 1.29 is 5.11 Å². The van der Waals surface area contributed by atoms with Crippen molar-refractivity contribution in [2.24, 2.45) is 5.92 Å². The lowest BCUT2D eigenvalue weighted by Gasteiger charge is -2.29. The molecule has 1 saturated carbocycles. The lowest BCUT2D eigenvalue weighted by atomic mass is 9.89. The van der Waals surface area contributed by atoms with Crippen LogP contribution in [-0.2, 0) is 0 Å². The van der Waals surface area contributed by atoms with Crippen molar-refractivity contribution in [3.05, 3.63) is 0 Å². The molecule has 2 N–H and O–H groups in total. The fourth-order valence-electron chi connectivity index (χ4n) is 2.73. The molecule has 2 fully saturated rings. The Morgan fingerprint density at radius 2 is 2.00 bits per heavy atom. The molecule has 2 rings (SSSR count). The summed E-state index contributed by atoms with van der Waals surface area (Å²) in [6.45, 7) is 3.43. The van der Waals surface area contributed by atoms with Crippen molar-refractivity contribution in [3.8, 4) is 0 Å². The predicted octanol–water partition coefficient (Wildman–Crippen LogP) is 0.790. The van der Waals surface area contributed by atoms with Crippen LogP contribution in [0.1, 0.15) is 32.1 Å². The standard InChI is InChI=1S/C11H22N2O/c14-8-11-6-12-9-13(11)7-10-4-2-1-3-5-10/h10-12,14H,1-9H2. The third-order valence-corrected chi connectivity index (χ3v) is 3.64. The number of hydrogen-bond acceptors (Lipinski definition) is 3. The summed E-state index contributed by atoms with van der Waals surface area (Å²) in [5.41, 5.74) is 0. The Morgan fingerprint density at radius 3 is 2.71 bits per heavy atom. The lowest BCUT2D eigenvalue weighted by molar-refractivity contribution is 0.136. The van der Waals surface area contributed by atoms with Gasteiger partial charge in [0, 0.05) is 25.8 Å². The molecule has 14 heavy (non-hydrogen) atoms. The quantitative estimate of drug-likeness (QED) is 0.704. The molecular formula is C11H22N2O. The van der Waals surface area contributed by atoms with Crippen molar-refractivity contribution in [2.45, 2.75) is 38.1 Å². The number of rotatable bonds is 3. The van der Waals surface area contributed by atoms with Gasteiger partial charge in [-0.05, 0) is 18.8 Å². The molecule has 3 nitrogen and oxygen atoms in total. The third-order valence-electron chi connectivity index (χ3n) is 3.64. The first-order chi connectivity index (χ1) is 6.90. The van der Waals surface area contributed by atoms with Crippen molar-refractivity contribution >= 4 is 0 Å². The van der Waals surface area contributed by atoms with Gasteiger partial charge in [-0.25, -0.2) is 0 Å². The molecule has 1 unspecified atom stereocenters. The Kier molecular flexibility index (Phi) is 3.79. The summed E-state index contributed by atoms with van der Waals surface area (Å²) in [6, 6.07) is 0.372. The fourth-order valence-corrected chi connectivity index (χ4v) is 2.73. The van der Waals surface area contributed by atoms with Gasteiger partial charge in [-0.2, -0.15) is 0 Å². The van der Waals surface area contributed by atoms with Crippen LogP contribution in [-0.4, -0.2) is 42.4 Å².